The predicted molar refractivity (Wildman–Crippen MR) is 61.4 cm³/mol. The number of thiophene rings is 1. The van der Waals surface area contributed by atoms with Gasteiger partial charge in [-0.25, -0.2) is 0 Å². The van der Waals surface area contributed by atoms with Crippen LogP contribution in [-0.2, 0) is 6.54 Å². The fraction of sp³-hybridized carbons (Fsp3) is 0.636. The maximum Gasteiger partial charge on any atom is 0.0330 e. The zero-order valence-electron chi connectivity index (χ0n) is 8.65. The second kappa shape index (κ2) is 4.43. The van der Waals surface area contributed by atoms with Crippen molar-refractivity contribution in [1.82, 2.24) is 4.90 Å². The van der Waals surface area contributed by atoms with Gasteiger partial charge >= 0.3 is 0 Å². The second-order valence-electron chi connectivity index (χ2n) is 4.03. The van der Waals surface area contributed by atoms with Gasteiger partial charge in [-0.2, -0.15) is 0 Å². The Morgan fingerprint density at radius 3 is 2.86 bits per heavy atom. The lowest BCUT2D eigenvalue weighted by molar-refractivity contribution is 0.110. The van der Waals surface area contributed by atoms with Gasteiger partial charge in [0.2, 0.25) is 0 Å². The summed E-state index contributed by atoms with van der Waals surface area (Å²) in [7, 11) is 0. The fourth-order valence-electron chi connectivity index (χ4n) is 2.03. The van der Waals surface area contributed by atoms with Gasteiger partial charge in [0.05, 0.1) is 0 Å². The molecule has 0 radical (unpaired) electrons. The van der Waals surface area contributed by atoms with E-state index in [9.17, 15) is 0 Å². The fourth-order valence-corrected chi connectivity index (χ4v) is 2.76. The average molecular weight is 210 g/mol. The quantitative estimate of drug-likeness (QED) is 0.824. The topological polar surface area (TPSA) is 29.3 Å². The molecule has 0 unspecified atom stereocenters. The summed E-state index contributed by atoms with van der Waals surface area (Å²) >= 11 is 1.85. The molecule has 0 atom stereocenters. The van der Waals surface area contributed by atoms with Crippen molar-refractivity contribution in [3.8, 4) is 0 Å². The summed E-state index contributed by atoms with van der Waals surface area (Å²) in [6.45, 7) is 4.47. The number of rotatable bonds is 4. The zero-order chi connectivity index (χ0) is 9.97. The van der Waals surface area contributed by atoms with Crippen molar-refractivity contribution in [3.63, 3.8) is 0 Å². The molecule has 0 aliphatic heterocycles. The Bertz CT molecular complexity index is 265. The van der Waals surface area contributed by atoms with Crippen LogP contribution >= 0.6 is 11.3 Å². The third-order valence-electron chi connectivity index (χ3n) is 3.01. The largest absolute Gasteiger partial charge is 0.328 e. The minimum atomic E-state index is 0.456. The van der Waals surface area contributed by atoms with Gasteiger partial charge in [0.15, 0.2) is 0 Å². The molecule has 1 aromatic heterocycles. The molecule has 3 heteroatoms. The van der Waals surface area contributed by atoms with Gasteiger partial charge < -0.3 is 5.73 Å². The smallest absolute Gasteiger partial charge is 0.0330 e. The van der Waals surface area contributed by atoms with Crippen LogP contribution in [0, 0.1) is 0 Å². The van der Waals surface area contributed by atoms with Gasteiger partial charge in [-0.3, -0.25) is 4.90 Å². The van der Waals surface area contributed by atoms with Crippen LogP contribution < -0.4 is 5.73 Å². The summed E-state index contributed by atoms with van der Waals surface area (Å²) in [4.78, 5) is 4.00. The molecule has 1 saturated carbocycles. The van der Waals surface area contributed by atoms with Crippen LogP contribution in [0.25, 0.3) is 0 Å². The van der Waals surface area contributed by atoms with Crippen molar-refractivity contribution in [2.24, 2.45) is 5.73 Å². The first-order chi connectivity index (χ1) is 6.79. The highest BCUT2D eigenvalue weighted by atomic mass is 32.1. The predicted octanol–water partition coefficient (Wildman–Crippen LogP) is 2.06. The maximum atomic E-state index is 5.81. The summed E-state index contributed by atoms with van der Waals surface area (Å²) in [5, 5.41) is 2.15. The van der Waals surface area contributed by atoms with Crippen molar-refractivity contribution in [3.05, 3.63) is 22.4 Å². The van der Waals surface area contributed by atoms with E-state index in [1.165, 1.54) is 17.7 Å². The summed E-state index contributed by atoms with van der Waals surface area (Å²) in [5.41, 5.74) is 5.81. The van der Waals surface area contributed by atoms with Crippen molar-refractivity contribution >= 4 is 11.3 Å². The molecule has 2 rings (SSSR count). The van der Waals surface area contributed by atoms with Gasteiger partial charge in [-0.1, -0.05) is 13.0 Å². The molecule has 2 nitrogen and oxygen atoms in total. The molecule has 1 aliphatic rings. The van der Waals surface area contributed by atoms with Gasteiger partial charge in [0.1, 0.15) is 0 Å². The molecular weight excluding hydrogens is 192 g/mol. The summed E-state index contributed by atoms with van der Waals surface area (Å²) in [6, 6.07) is 5.53. The molecule has 0 amide bonds. The third kappa shape index (κ3) is 2.16. The molecule has 1 aliphatic carbocycles. The molecule has 0 bridgehead atoms. The van der Waals surface area contributed by atoms with Crippen LogP contribution in [0.4, 0.5) is 0 Å². The first kappa shape index (κ1) is 10.1. The van der Waals surface area contributed by atoms with Crippen molar-refractivity contribution in [2.75, 3.05) is 6.54 Å². The molecule has 0 saturated heterocycles. The Morgan fingerprint density at radius 2 is 2.36 bits per heavy atom. The number of hydrogen-bond acceptors (Lipinski definition) is 3. The van der Waals surface area contributed by atoms with Crippen LogP contribution in [0.5, 0.6) is 0 Å². The van der Waals surface area contributed by atoms with Crippen LogP contribution in [0.15, 0.2) is 17.5 Å². The first-order valence-electron chi connectivity index (χ1n) is 5.31. The molecule has 1 fully saturated rings. The zero-order valence-corrected chi connectivity index (χ0v) is 9.46. The highest BCUT2D eigenvalue weighted by Gasteiger charge is 2.30. The van der Waals surface area contributed by atoms with Gasteiger partial charge in [0.25, 0.3) is 0 Å². The van der Waals surface area contributed by atoms with Crippen LogP contribution in [-0.4, -0.2) is 23.5 Å². The van der Waals surface area contributed by atoms with Gasteiger partial charge in [-0.05, 0) is 30.8 Å². The van der Waals surface area contributed by atoms with E-state index in [1.54, 1.807) is 0 Å². The molecule has 1 heterocycles. The highest BCUT2D eigenvalue weighted by Crippen LogP contribution is 2.26. The molecular formula is C11H18N2S. The van der Waals surface area contributed by atoms with Crippen LogP contribution in [0.1, 0.15) is 24.6 Å². The lowest BCUT2D eigenvalue weighted by atomic mass is 9.86. The van der Waals surface area contributed by atoms with E-state index in [0.29, 0.717) is 6.04 Å². The minimum Gasteiger partial charge on any atom is -0.328 e. The SMILES string of the molecule is CCN(Cc1cccs1)C1CC(N)C1. The van der Waals surface area contributed by atoms with Crippen LogP contribution in [0.3, 0.4) is 0 Å². The van der Waals surface area contributed by atoms with E-state index in [4.69, 9.17) is 5.73 Å². The van der Waals surface area contributed by atoms with Gasteiger partial charge in [-0.15, -0.1) is 11.3 Å². The summed E-state index contributed by atoms with van der Waals surface area (Å²) in [6.07, 6.45) is 2.36. The minimum absolute atomic E-state index is 0.456. The Morgan fingerprint density at radius 1 is 1.57 bits per heavy atom. The molecule has 0 aromatic carbocycles. The number of hydrogen-bond donors (Lipinski definition) is 1. The summed E-state index contributed by atoms with van der Waals surface area (Å²) in [5.74, 6) is 0. The van der Waals surface area contributed by atoms with Crippen molar-refractivity contribution < 1.29 is 0 Å². The van der Waals surface area contributed by atoms with Crippen molar-refractivity contribution in [1.29, 1.82) is 0 Å². The molecule has 78 valence electrons. The normalized spacial score (nSPS) is 26.5. The van der Waals surface area contributed by atoms with E-state index in [-0.39, 0.29) is 0 Å². The van der Waals surface area contributed by atoms with E-state index < -0.39 is 0 Å². The molecule has 0 spiro atoms. The second-order valence-corrected chi connectivity index (χ2v) is 5.06. The van der Waals surface area contributed by atoms with E-state index in [0.717, 1.165) is 19.1 Å². The van der Waals surface area contributed by atoms with Crippen LogP contribution in [0.2, 0.25) is 0 Å². The Labute approximate surface area is 89.7 Å². The Balaban J connectivity index is 1.88. The lowest BCUT2D eigenvalue weighted by Crippen LogP contribution is -2.50. The third-order valence-corrected chi connectivity index (χ3v) is 3.87. The van der Waals surface area contributed by atoms with Crippen molar-refractivity contribution in [2.45, 2.75) is 38.4 Å². The number of nitrogens with two attached hydrogens (primary N) is 1. The van der Waals surface area contributed by atoms with E-state index >= 15 is 0 Å². The number of nitrogens with zero attached hydrogens (tertiary/aromatic N) is 1. The first-order valence-corrected chi connectivity index (χ1v) is 6.19. The lowest BCUT2D eigenvalue weighted by Gasteiger charge is -2.40. The van der Waals surface area contributed by atoms with Gasteiger partial charge in [0, 0.05) is 23.5 Å². The monoisotopic (exact) mass is 210 g/mol. The molecule has 2 N–H and O–H groups in total. The standard InChI is InChI=1S/C11H18N2S/c1-2-13(10-6-9(12)7-10)8-11-4-3-5-14-11/h3-5,9-10H,2,6-8,12H2,1H3. The Hall–Kier alpha value is -0.380. The van der Waals surface area contributed by atoms with E-state index in [2.05, 4.69) is 29.3 Å². The molecule has 1 aromatic rings. The summed E-state index contributed by atoms with van der Waals surface area (Å²) < 4.78 is 0. The Kier molecular flexibility index (Phi) is 3.21. The molecule has 14 heavy (non-hydrogen) atoms. The maximum absolute atomic E-state index is 5.81. The average Bonchev–Trinajstić information content (AvgIpc) is 2.62. The highest BCUT2D eigenvalue weighted by molar-refractivity contribution is 7.09. The van der Waals surface area contributed by atoms with E-state index in [1.807, 2.05) is 11.3 Å².